The van der Waals surface area contributed by atoms with Gasteiger partial charge < -0.3 is 25.8 Å². The maximum atomic E-state index is 13.3. The number of nitrogens with one attached hydrogen (secondary N) is 4. The van der Waals surface area contributed by atoms with Gasteiger partial charge in [-0.05, 0) is 63.8 Å². The van der Waals surface area contributed by atoms with Crippen molar-refractivity contribution in [3.63, 3.8) is 0 Å². The molecular formula is C29H42N6O8. The summed E-state index contributed by atoms with van der Waals surface area (Å²) in [7, 11) is 0. The van der Waals surface area contributed by atoms with Crippen LogP contribution in [0.1, 0.15) is 53.0 Å². The molecular weight excluding hydrogens is 560 g/mol. The predicted octanol–water partition coefficient (Wildman–Crippen LogP) is -0.131. The van der Waals surface area contributed by atoms with E-state index >= 15 is 0 Å². The minimum atomic E-state index is -1.24. The van der Waals surface area contributed by atoms with Crippen LogP contribution in [0.4, 0.5) is 5.69 Å². The van der Waals surface area contributed by atoms with Crippen molar-refractivity contribution in [3.8, 4) is 0 Å². The first-order valence-electron chi connectivity index (χ1n) is 14.0. The summed E-state index contributed by atoms with van der Waals surface area (Å²) in [5, 5.41) is 19.8. The quantitative estimate of drug-likeness (QED) is 0.0678. The van der Waals surface area contributed by atoms with E-state index < -0.39 is 65.8 Å². The zero-order chi connectivity index (χ0) is 32.3. The second kappa shape index (κ2) is 15.9. The number of amides is 5. The molecule has 1 aromatic carbocycles. The summed E-state index contributed by atoms with van der Waals surface area (Å²) in [5.41, 5.74) is 5.82. The molecule has 2 rings (SSSR count). The SMILES string of the molecule is CC(C)[C@@H](NC(=O)CN1C(=O)C=CC1=O)C(=O)N[C@H](CCCNC(N)O)C(=O)Nc1ccc(COC(=O)C(C)(C)C)cc1. The van der Waals surface area contributed by atoms with Gasteiger partial charge in [0.05, 0.1) is 5.41 Å². The molecule has 0 fully saturated rings. The largest absolute Gasteiger partial charge is 0.460 e. The first-order valence-corrected chi connectivity index (χ1v) is 14.0. The van der Waals surface area contributed by atoms with Gasteiger partial charge in [0.2, 0.25) is 17.7 Å². The van der Waals surface area contributed by atoms with Crippen molar-refractivity contribution >= 4 is 41.2 Å². The van der Waals surface area contributed by atoms with Crippen molar-refractivity contribution in [1.82, 2.24) is 20.9 Å². The third-order valence-corrected chi connectivity index (χ3v) is 6.33. The Hall–Kier alpha value is -4.14. The van der Waals surface area contributed by atoms with Gasteiger partial charge in [-0.2, -0.15) is 0 Å². The molecule has 0 spiro atoms. The van der Waals surface area contributed by atoms with Crippen molar-refractivity contribution in [1.29, 1.82) is 0 Å². The van der Waals surface area contributed by atoms with Crippen LogP contribution in [0.3, 0.4) is 0 Å². The fourth-order valence-electron chi connectivity index (χ4n) is 3.85. The summed E-state index contributed by atoms with van der Waals surface area (Å²) in [5.74, 6) is -3.87. The number of aliphatic hydroxyl groups is 1. The lowest BCUT2D eigenvalue weighted by Gasteiger charge is -2.26. The van der Waals surface area contributed by atoms with Crippen molar-refractivity contribution in [2.75, 3.05) is 18.4 Å². The summed E-state index contributed by atoms with van der Waals surface area (Å²) in [6.45, 7) is 8.43. The van der Waals surface area contributed by atoms with Gasteiger partial charge in [-0.15, -0.1) is 0 Å². The Kier molecular flexibility index (Phi) is 13.0. The molecule has 1 aromatic rings. The van der Waals surface area contributed by atoms with Crippen LogP contribution in [0.5, 0.6) is 0 Å². The second-order valence-electron chi connectivity index (χ2n) is 11.5. The number of carbonyl (C=O) groups is 6. The topological polar surface area (TPSA) is 209 Å². The van der Waals surface area contributed by atoms with E-state index in [1.165, 1.54) is 0 Å². The van der Waals surface area contributed by atoms with Crippen LogP contribution in [0.25, 0.3) is 0 Å². The Bertz CT molecular complexity index is 1190. The number of hydrogen-bond donors (Lipinski definition) is 6. The number of benzene rings is 1. The third kappa shape index (κ3) is 11.6. The monoisotopic (exact) mass is 602 g/mol. The van der Waals surface area contributed by atoms with Crippen molar-refractivity contribution < 1.29 is 38.6 Å². The Morgan fingerprint density at radius 1 is 0.977 bits per heavy atom. The number of rotatable bonds is 15. The van der Waals surface area contributed by atoms with Gasteiger partial charge in [-0.1, -0.05) is 26.0 Å². The Balaban J connectivity index is 2.07. The smallest absolute Gasteiger partial charge is 0.311 e. The third-order valence-electron chi connectivity index (χ3n) is 6.33. The summed E-state index contributed by atoms with van der Waals surface area (Å²) in [6.07, 6.45) is 1.39. The standard InChI is InChI=1S/C29H42N6O8/c1-17(2)24(34-21(36)15-35-22(37)12-13-23(35)38)26(40)33-20(7-6-14-31-28(30)42)25(39)32-19-10-8-18(9-11-19)16-43-27(41)29(3,4)5/h8-13,17,20,24,28,31,42H,6-7,14-16,30H2,1-5H3,(H,32,39)(H,33,40)(H,34,36)/t20-,24-,28?/m1/s1. The lowest BCUT2D eigenvalue weighted by molar-refractivity contribution is -0.154. The lowest BCUT2D eigenvalue weighted by Crippen LogP contribution is -2.56. The normalized spacial score (nSPS) is 15.2. The number of ether oxygens (including phenoxy) is 1. The predicted molar refractivity (Wildman–Crippen MR) is 156 cm³/mol. The van der Waals surface area contributed by atoms with Gasteiger partial charge in [0, 0.05) is 17.8 Å². The number of nitrogens with two attached hydrogens (primary N) is 1. The van der Waals surface area contributed by atoms with Gasteiger partial charge in [0.1, 0.15) is 25.2 Å². The average molecular weight is 603 g/mol. The molecule has 3 atom stereocenters. The number of nitrogens with zero attached hydrogens (tertiary/aromatic N) is 1. The van der Waals surface area contributed by atoms with E-state index in [2.05, 4.69) is 21.3 Å². The van der Waals surface area contributed by atoms with E-state index in [0.29, 0.717) is 12.1 Å². The zero-order valence-electron chi connectivity index (χ0n) is 25.1. The maximum absolute atomic E-state index is 13.3. The van der Waals surface area contributed by atoms with Gasteiger partial charge >= 0.3 is 5.97 Å². The summed E-state index contributed by atoms with van der Waals surface area (Å²) in [4.78, 5) is 75.4. The van der Waals surface area contributed by atoms with Crippen LogP contribution < -0.4 is 27.0 Å². The van der Waals surface area contributed by atoms with Crippen LogP contribution in [-0.2, 0) is 40.1 Å². The van der Waals surface area contributed by atoms with Crippen molar-refractivity contribution in [2.45, 2.75) is 72.5 Å². The van der Waals surface area contributed by atoms with E-state index in [1.807, 2.05) is 0 Å². The highest BCUT2D eigenvalue weighted by atomic mass is 16.5. The number of esters is 1. The number of hydrogen-bond acceptors (Lipinski definition) is 10. The van der Waals surface area contributed by atoms with Crippen LogP contribution in [0.2, 0.25) is 0 Å². The molecule has 0 aliphatic carbocycles. The summed E-state index contributed by atoms with van der Waals surface area (Å²) in [6, 6.07) is 4.57. The molecule has 0 bridgehead atoms. The number of aliphatic hydroxyl groups excluding tert-OH is 1. The van der Waals surface area contributed by atoms with E-state index in [0.717, 1.165) is 22.6 Å². The Morgan fingerprint density at radius 2 is 1.58 bits per heavy atom. The Labute approximate surface area is 250 Å². The maximum Gasteiger partial charge on any atom is 0.311 e. The average Bonchev–Trinajstić information content (AvgIpc) is 3.23. The van der Waals surface area contributed by atoms with Gasteiger partial charge in [-0.3, -0.25) is 44.7 Å². The molecule has 1 heterocycles. The van der Waals surface area contributed by atoms with Crippen LogP contribution >= 0.6 is 0 Å². The molecule has 14 heteroatoms. The van der Waals surface area contributed by atoms with Gasteiger partial charge in [-0.25, -0.2) is 0 Å². The minimum Gasteiger partial charge on any atom is -0.460 e. The molecule has 0 saturated heterocycles. The molecule has 0 radical (unpaired) electrons. The minimum absolute atomic E-state index is 0.0713. The first-order chi connectivity index (χ1) is 20.1. The van der Waals surface area contributed by atoms with Crippen LogP contribution in [0.15, 0.2) is 36.4 Å². The highest BCUT2D eigenvalue weighted by Crippen LogP contribution is 2.18. The molecule has 0 saturated carbocycles. The van der Waals surface area contributed by atoms with Crippen LogP contribution in [0, 0.1) is 11.3 Å². The van der Waals surface area contributed by atoms with Crippen molar-refractivity contribution in [3.05, 3.63) is 42.0 Å². The van der Waals surface area contributed by atoms with E-state index in [-0.39, 0.29) is 25.5 Å². The Morgan fingerprint density at radius 3 is 2.12 bits per heavy atom. The number of carbonyl (C=O) groups excluding carboxylic acids is 6. The molecule has 43 heavy (non-hydrogen) atoms. The first kappa shape index (κ1) is 35.1. The summed E-state index contributed by atoms with van der Waals surface area (Å²) < 4.78 is 5.31. The van der Waals surface area contributed by atoms with E-state index in [9.17, 15) is 33.9 Å². The molecule has 1 unspecified atom stereocenters. The van der Waals surface area contributed by atoms with Crippen molar-refractivity contribution in [2.24, 2.45) is 17.1 Å². The second-order valence-corrected chi connectivity index (χ2v) is 11.5. The van der Waals surface area contributed by atoms with Gasteiger partial charge in [0.25, 0.3) is 11.8 Å². The molecule has 14 nitrogen and oxygen atoms in total. The molecule has 7 N–H and O–H groups in total. The summed E-state index contributed by atoms with van der Waals surface area (Å²) >= 11 is 0. The van der Waals surface area contributed by atoms with Crippen LogP contribution in [-0.4, -0.2) is 77.0 Å². The zero-order valence-corrected chi connectivity index (χ0v) is 25.1. The number of anilines is 1. The number of imide groups is 1. The molecule has 1 aliphatic heterocycles. The molecule has 236 valence electrons. The fraction of sp³-hybridized carbons (Fsp3) is 0.517. The highest BCUT2D eigenvalue weighted by molar-refractivity contribution is 6.14. The lowest BCUT2D eigenvalue weighted by atomic mass is 9.97. The molecule has 1 aliphatic rings. The molecule has 5 amide bonds. The van der Waals surface area contributed by atoms with Gasteiger partial charge in [0.15, 0.2) is 6.35 Å². The molecule has 0 aromatic heterocycles. The van der Waals surface area contributed by atoms with E-state index in [1.54, 1.807) is 58.9 Å². The fourth-order valence-corrected chi connectivity index (χ4v) is 3.85. The van der Waals surface area contributed by atoms with E-state index in [4.69, 9.17) is 10.5 Å². The highest BCUT2D eigenvalue weighted by Gasteiger charge is 2.31.